The van der Waals surface area contributed by atoms with Crippen molar-refractivity contribution in [3.63, 3.8) is 0 Å². The molecular formula is C19H37N. The molecule has 0 bridgehead atoms. The first kappa shape index (κ1) is 16.3. The topological polar surface area (TPSA) is 12.0 Å². The van der Waals surface area contributed by atoms with E-state index in [1.54, 1.807) is 0 Å². The highest BCUT2D eigenvalue weighted by Gasteiger charge is 2.35. The Morgan fingerprint density at radius 1 is 0.950 bits per heavy atom. The van der Waals surface area contributed by atoms with E-state index in [0.717, 1.165) is 29.8 Å². The van der Waals surface area contributed by atoms with E-state index in [0.29, 0.717) is 5.41 Å². The van der Waals surface area contributed by atoms with E-state index in [2.05, 4.69) is 39.9 Å². The van der Waals surface area contributed by atoms with Crippen LogP contribution in [0.1, 0.15) is 86.0 Å². The van der Waals surface area contributed by atoms with Crippen molar-refractivity contribution in [1.29, 1.82) is 0 Å². The lowest BCUT2D eigenvalue weighted by molar-refractivity contribution is 0.131. The van der Waals surface area contributed by atoms with Gasteiger partial charge in [-0.1, -0.05) is 47.5 Å². The number of rotatable bonds is 5. The molecule has 0 heterocycles. The van der Waals surface area contributed by atoms with Gasteiger partial charge < -0.3 is 5.32 Å². The average Bonchev–Trinajstić information content (AvgIpc) is 2.80. The molecule has 0 saturated heterocycles. The Morgan fingerprint density at radius 2 is 1.60 bits per heavy atom. The zero-order valence-electron chi connectivity index (χ0n) is 14.5. The van der Waals surface area contributed by atoms with Crippen molar-refractivity contribution in [3.8, 4) is 0 Å². The van der Waals surface area contributed by atoms with E-state index in [-0.39, 0.29) is 0 Å². The quantitative estimate of drug-likeness (QED) is 0.711. The molecule has 0 radical (unpaired) electrons. The Kier molecular flexibility index (Phi) is 5.56. The Bertz CT molecular complexity index is 288. The minimum Gasteiger partial charge on any atom is -0.311 e. The molecule has 3 atom stereocenters. The Hall–Kier alpha value is -0.0400. The summed E-state index contributed by atoms with van der Waals surface area (Å²) in [5, 5.41) is 4.02. The number of nitrogens with one attached hydrogen (secondary N) is 1. The van der Waals surface area contributed by atoms with Crippen molar-refractivity contribution in [1.82, 2.24) is 5.32 Å². The van der Waals surface area contributed by atoms with Crippen LogP contribution in [-0.2, 0) is 0 Å². The number of hydrogen-bond acceptors (Lipinski definition) is 1. The molecule has 0 aromatic carbocycles. The van der Waals surface area contributed by atoms with Gasteiger partial charge in [-0.05, 0) is 61.7 Å². The maximum atomic E-state index is 4.02. The molecule has 0 aromatic rings. The standard InChI is InChI=1S/C19H37N/c1-6-15-8-13-18(14(15)3)20-17-11-9-16(10-12-17)19(4,5)7-2/h14-18,20H,6-13H2,1-5H3. The fourth-order valence-electron chi connectivity index (χ4n) is 4.69. The summed E-state index contributed by atoms with van der Waals surface area (Å²) in [5.41, 5.74) is 0.554. The molecule has 2 fully saturated rings. The van der Waals surface area contributed by atoms with E-state index < -0.39 is 0 Å². The Morgan fingerprint density at radius 3 is 2.10 bits per heavy atom. The second-order valence-corrected chi connectivity index (χ2v) is 8.27. The second kappa shape index (κ2) is 6.81. The highest BCUT2D eigenvalue weighted by atomic mass is 15.0. The highest BCUT2D eigenvalue weighted by Crippen LogP contribution is 2.41. The van der Waals surface area contributed by atoms with Crippen molar-refractivity contribution in [2.75, 3.05) is 0 Å². The van der Waals surface area contributed by atoms with Crippen LogP contribution >= 0.6 is 0 Å². The van der Waals surface area contributed by atoms with Gasteiger partial charge in [-0.15, -0.1) is 0 Å². The van der Waals surface area contributed by atoms with Gasteiger partial charge in [-0.3, -0.25) is 0 Å². The first-order valence-corrected chi connectivity index (χ1v) is 9.24. The summed E-state index contributed by atoms with van der Waals surface area (Å²) < 4.78 is 0. The zero-order chi connectivity index (χ0) is 14.8. The van der Waals surface area contributed by atoms with Crippen molar-refractivity contribution in [3.05, 3.63) is 0 Å². The molecule has 1 N–H and O–H groups in total. The van der Waals surface area contributed by atoms with E-state index in [9.17, 15) is 0 Å². The summed E-state index contributed by atoms with van der Waals surface area (Å²) in [5.74, 6) is 2.82. The van der Waals surface area contributed by atoms with Gasteiger partial charge in [-0.25, -0.2) is 0 Å². The maximum absolute atomic E-state index is 4.02. The van der Waals surface area contributed by atoms with E-state index in [4.69, 9.17) is 0 Å². The lowest BCUT2D eigenvalue weighted by atomic mass is 9.69. The molecule has 2 aliphatic rings. The summed E-state index contributed by atoms with van der Waals surface area (Å²) in [6.07, 6.45) is 11.3. The van der Waals surface area contributed by atoms with Crippen LogP contribution in [0.3, 0.4) is 0 Å². The van der Waals surface area contributed by atoms with Gasteiger partial charge in [0.15, 0.2) is 0 Å². The number of hydrogen-bond donors (Lipinski definition) is 1. The van der Waals surface area contributed by atoms with Gasteiger partial charge >= 0.3 is 0 Å². The van der Waals surface area contributed by atoms with Gasteiger partial charge in [-0.2, -0.15) is 0 Å². The molecule has 0 spiro atoms. The average molecular weight is 280 g/mol. The molecule has 3 unspecified atom stereocenters. The molecule has 2 aliphatic carbocycles. The monoisotopic (exact) mass is 279 g/mol. The molecule has 2 saturated carbocycles. The van der Waals surface area contributed by atoms with Crippen LogP contribution in [0.25, 0.3) is 0 Å². The van der Waals surface area contributed by atoms with Crippen LogP contribution in [-0.4, -0.2) is 12.1 Å². The van der Waals surface area contributed by atoms with Gasteiger partial charge in [0.05, 0.1) is 0 Å². The predicted octanol–water partition coefficient (Wildman–Crippen LogP) is 5.40. The summed E-state index contributed by atoms with van der Waals surface area (Å²) in [7, 11) is 0. The largest absolute Gasteiger partial charge is 0.311 e. The van der Waals surface area contributed by atoms with Crippen LogP contribution in [0.2, 0.25) is 0 Å². The summed E-state index contributed by atoms with van der Waals surface area (Å²) in [4.78, 5) is 0. The van der Waals surface area contributed by atoms with Crippen LogP contribution in [0.5, 0.6) is 0 Å². The lowest BCUT2D eigenvalue weighted by Crippen LogP contribution is -2.43. The third-order valence-corrected chi connectivity index (χ3v) is 6.94. The van der Waals surface area contributed by atoms with Crippen LogP contribution < -0.4 is 5.32 Å². The highest BCUT2D eigenvalue weighted by molar-refractivity contribution is 4.91. The molecular weight excluding hydrogens is 242 g/mol. The van der Waals surface area contributed by atoms with Gasteiger partial charge in [0, 0.05) is 12.1 Å². The summed E-state index contributed by atoms with van der Waals surface area (Å²) in [6, 6.07) is 1.61. The molecule has 20 heavy (non-hydrogen) atoms. The smallest absolute Gasteiger partial charge is 0.00980 e. The van der Waals surface area contributed by atoms with E-state index in [1.165, 1.54) is 51.4 Å². The fourth-order valence-corrected chi connectivity index (χ4v) is 4.69. The Balaban J connectivity index is 1.78. The van der Waals surface area contributed by atoms with E-state index >= 15 is 0 Å². The summed E-state index contributed by atoms with van der Waals surface area (Å²) >= 11 is 0. The lowest BCUT2D eigenvalue weighted by Gasteiger charge is -2.40. The first-order chi connectivity index (χ1) is 9.47. The van der Waals surface area contributed by atoms with Crippen LogP contribution in [0.4, 0.5) is 0 Å². The minimum atomic E-state index is 0.554. The third kappa shape index (κ3) is 3.59. The SMILES string of the molecule is CCC1CCC(NC2CCC(C(C)(C)CC)CC2)C1C. The minimum absolute atomic E-state index is 0.554. The van der Waals surface area contributed by atoms with Crippen molar-refractivity contribution in [2.45, 2.75) is 98.1 Å². The molecule has 1 nitrogen and oxygen atoms in total. The second-order valence-electron chi connectivity index (χ2n) is 8.27. The maximum Gasteiger partial charge on any atom is 0.00980 e. The first-order valence-electron chi connectivity index (χ1n) is 9.24. The molecule has 0 amide bonds. The molecule has 118 valence electrons. The molecule has 0 aliphatic heterocycles. The van der Waals surface area contributed by atoms with Crippen molar-refractivity contribution < 1.29 is 0 Å². The van der Waals surface area contributed by atoms with Gasteiger partial charge in [0.1, 0.15) is 0 Å². The van der Waals surface area contributed by atoms with Crippen molar-refractivity contribution in [2.24, 2.45) is 23.2 Å². The predicted molar refractivity (Wildman–Crippen MR) is 88.9 cm³/mol. The third-order valence-electron chi connectivity index (χ3n) is 6.94. The van der Waals surface area contributed by atoms with Crippen molar-refractivity contribution >= 4 is 0 Å². The normalized spacial score (nSPS) is 39.1. The zero-order valence-corrected chi connectivity index (χ0v) is 14.5. The molecule has 1 heteroatoms. The Labute approximate surface area is 127 Å². The van der Waals surface area contributed by atoms with Gasteiger partial charge in [0.25, 0.3) is 0 Å². The fraction of sp³-hybridized carbons (Fsp3) is 1.00. The van der Waals surface area contributed by atoms with Gasteiger partial charge in [0.2, 0.25) is 0 Å². The van der Waals surface area contributed by atoms with Crippen LogP contribution in [0, 0.1) is 23.2 Å². The van der Waals surface area contributed by atoms with E-state index in [1.807, 2.05) is 0 Å². The molecule has 0 aromatic heterocycles. The molecule has 2 rings (SSSR count). The van der Waals surface area contributed by atoms with Crippen LogP contribution in [0.15, 0.2) is 0 Å². The summed E-state index contributed by atoms with van der Waals surface area (Å²) in [6.45, 7) is 12.1.